The Hall–Kier alpha value is -1.21. The third-order valence-corrected chi connectivity index (χ3v) is 7.95. The van der Waals surface area contributed by atoms with Gasteiger partial charge in [-0.15, -0.1) is 11.3 Å². The van der Waals surface area contributed by atoms with E-state index in [0.29, 0.717) is 16.8 Å². The van der Waals surface area contributed by atoms with Gasteiger partial charge in [0, 0.05) is 25.7 Å². The van der Waals surface area contributed by atoms with Gasteiger partial charge in [0.05, 0.1) is 0 Å². The molecule has 1 unspecified atom stereocenters. The van der Waals surface area contributed by atoms with Crippen LogP contribution in [-0.2, 0) is 22.9 Å². The smallest absolute Gasteiger partial charge is 0.250 e. The van der Waals surface area contributed by atoms with Crippen molar-refractivity contribution < 1.29 is 8.42 Å². The van der Waals surface area contributed by atoms with E-state index in [4.69, 9.17) is 0 Å². The van der Waals surface area contributed by atoms with Crippen molar-refractivity contribution in [1.29, 1.82) is 0 Å². The van der Waals surface area contributed by atoms with E-state index >= 15 is 0 Å². The number of benzene rings is 1. The Morgan fingerprint density at radius 3 is 2.79 bits per heavy atom. The van der Waals surface area contributed by atoms with E-state index in [1.807, 2.05) is 0 Å². The van der Waals surface area contributed by atoms with Crippen molar-refractivity contribution in [1.82, 2.24) is 9.62 Å². The molecule has 1 aromatic carbocycles. The molecular formula is C18H22N2O2S2. The molecule has 0 fully saturated rings. The summed E-state index contributed by atoms with van der Waals surface area (Å²) in [7, 11) is -3.33. The van der Waals surface area contributed by atoms with Crippen LogP contribution in [-0.4, -0.2) is 33.0 Å². The maximum absolute atomic E-state index is 12.1. The Morgan fingerprint density at radius 1 is 1.17 bits per heavy atom. The molecular weight excluding hydrogens is 340 g/mol. The van der Waals surface area contributed by atoms with Crippen LogP contribution in [0.25, 0.3) is 0 Å². The first-order valence-electron chi connectivity index (χ1n) is 8.53. The Kier molecular flexibility index (Phi) is 4.47. The van der Waals surface area contributed by atoms with E-state index in [9.17, 15) is 8.42 Å². The van der Waals surface area contributed by atoms with Crippen LogP contribution in [0.2, 0.25) is 0 Å². The van der Waals surface area contributed by atoms with Crippen molar-refractivity contribution in [3.8, 4) is 0 Å². The SMILES string of the molecule is O=S(=O)(NCCCN1CCc2cccc3c2C1CC3)c1cccs1. The molecule has 1 N–H and O–H groups in total. The molecule has 2 heterocycles. The lowest BCUT2D eigenvalue weighted by Crippen LogP contribution is -2.36. The van der Waals surface area contributed by atoms with Gasteiger partial charge in [0.25, 0.3) is 0 Å². The van der Waals surface area contributed by atoms with E-state index in [2.05, 4.69) is 27.8 Å². The normalized spacial score (nSPS) is 20.2. The number of thiophene rings is 1. The van der Waals surface area contributed by atoms with Crippen molar-refractivity contribution >= 4 is 21.4 Å². The lowest BCUT2D eigenvalue weighted by atomic mass is 9.93. The monoisotopic (exact) mass is 362 g/mol. The first-order chi connectivity index (χ1) is 11.6. The molecule has 0 bridgehead atoms. The van der Waals surface area contributed by atoms with Gasteiger partial charge in [0.15, 0.2) is 0 Å². The van der Waals surface area contributed by atoms with Crippen LogP contribution in [0.5, 0.6) is 0 Å². The molecule has 4 nitrogen and oxygen atoms in total. The lowest BCUT2D eigenvalue weighted by molar-refractivity contribution is 0.184. The van der Waals surface area contributed by atoms with Crippen molar-refractivity contribution in [3.05, 3.63) is 52.4 Å². The van der Waals surface area contributed by atoms with Crippen molar-refractivity contribution in [2.75, 3.05) is 19.6 Å². The van der Waals surface area contributed by atoms with Crippen molar-refractivity contribution in [3.63, 3.8) is 0 Å². The van der Waals surface area contributed by atoms with Crippen LogP contribution in [0.15, 0.2) is 39.9 Å². The average Bonchev–Trinajstić information content (AvgIpc) is 3.25. The summed E-state index contributed by atoms with van der Waals surface area (Å²) in [5.41, 5.74) is 4.59. The minimum atomic E-state index is -3.33. The summed E-state index contributed by atoms with van der Waals surface area (Å²) < 4.78 is 27.4. The van der Waals surface area contributed by atoms with Crippen LogP contribution >= 0.6 is 11.3 Å². The largest absolute Gasteiger partial charge is 0.296 e. The highest BCUT2D eigenvalue weighted by Gasteiger charge is 2.32. The summed E-state index contributed by atoms with van der Waals surface area (Å²) in [6, 6.07) is 10.7. The van der Waals surface area contributed by atoms with Crippen LogP contribution in [0.1, 0.15) is 35.6 Å². The van der Waals surface area contributed by atoms with Gasteiger partial charge in [-0.05, 0) is 53.8 Å². The summed E-state index contributed by atoms with van der Waals surface area (Å²) in [5, 5.41) is 1.79. The second-order valence-corrected chi connectivity index (χ2v) is 9.46. The zero-order valence-corrected chi connectivity index (χ0v) is 15.2. The van der Waals surface area contributed by atoms with Crippen molar-refractivity contribution in [2.45, 2.75) is 35.9 Å². The molecule has 1 aliphatic heterocycles. The summed E-state index contributed by atoms with van der Waals surface area (Å²) in [6.45, 7) is 2.53. The van der Waals surface area contributed by atoms with E-state index in [-0.39, 0.29) is 0 Å². The highest BCUT2D eigenvalue weighted by atomic mass is 32.2. The molecule has 4 rings (SSSR count). The van der Waals surface area contributed by atoms with Crippen LogP contribution in [0, 0.1) is 0 Å². The van der Waals surface area contributed by atoms with Gasteiger partial charge in [0.2, 0.25) is 10.0 Å². The molecule has 6 heteroatoms. The van der Waals surface area contributed by atoms with Crippen LogP contribution < -0.4 is 4.72 Å². The summed E-state index contributed by atoms with van der Waals surface area (Å²) in [4.78, 5) is 2.54. The average molecular weight is 363 g/mol. The second-order valence-electron chi connectivity index (χ2n) is 6.51. The second kappa shape index (κ2) is 6.59. The Balaban J connectivity index is 1.33. The van der Waals surface area contributed by atoms with Crippen LogP contribution in [0.3, 0.4) is 0 Å². The molecule has 2 aromatic rings. The highest BCUT2D eigenvalue weighted by Crippen LogP contribution is 2.41. The quantitative estimate of drug-likeness (QED) is 0.804. The number of nitrogens with one attached hydrogen (secondary N) is 1. The topological polar surface area (TPSA) is 49.4 Å². The van der Waals surface area contributed by atoms with E-state index in [1.54, 1.807) is 23.1 Å². The number of hydrogen-bond acceptors (Lipinski definition) is 4. The number of rotatable bonds is 6. The van der Waals surface area contributed by atoms with Gasteiger partial charge in [-0.25, -0.2) is 13.1 Å². The first kappa shape index (κ1) is 16.3. The number of sulfonamides is 1. The molecule has 0 amide bonds. The van der Waals surface area contributed by atoms with E-state index in [0.717, 1.165) is 25.9 Å². The third kappa shape index (κ3) is 3.04. The fourth-order valence-electron chi connectivity index (χ4n) is 4.00. The standard InChI is InChI=1S/C18H22N2O2S2/c21-24(22,17-6-2-13-23-17)19-10-3-11-20-12-9-15-5-1-4-14-7-8-16(20)18(14)15/h1-2,4-6,13,16,19H,3,7-12H2. The number of aryl methyl sites for hydroxylation is 1. The minimum absolute atomic E-state index is 0.398. The zero-order chi connectivity index (χ0) is 16.6. The fraction of sp³-hybridized carbons (Fsp3) is 0.444. The third-order valence-electron chi connectivity index (χ3n) is 5.09. The molecule has 0 saturated carbocycles. The Bertz CT molecular complexity index is 816. The Labute approximate surface area is 147 Å². The first-order valence-corrected chi connectivity index (χ1v) is 10.9. The molecule has 1 aromatic heterocycles. The Morgan fingerprint density at radius 2 is 2.00 bits per heavy atom. The van der Waals surface area contributed by atoms with Gasteiger partial charge in [-0.1, -0.05) is 24.3 Å². The molecule has 0 saturated heterocycles. The molecule has 24 heavy (non-hydrogen) atoms. The van der Waals surface area contributed by atoms with Crippen LogP contribution in [0.4, 0.5) is 0 Å². The molecule has 0 radical (unpaired) electrons. The molecule has 2 aliphatic rings. The molecule has 0 spiro atoms. The summed E-state index contributed by atoms with van der Waals surface area (Å²) in [6.07, 6.45) is 4.34. The minimum Gasteiger partial charge on any atom is -0.296 e. The summed E-state index contributed by atoms with van der Waals surface area (Å²) >= 11 is 1.26. The summed E-state index contributed by atoms with van der Waals surface area (Å²) in [5.74, 6) is 0. The highest BCUT2D eigenvalue weighted by molar-refractivity contribution is 7.91. The molecule has 1 atom stereocenters. The molecule has 128 valence electrons. The predicted molar refractivity (Wildman–Crippen MR) is 96.9 cm³/mol. The zero-order valence-electron chi connectivity index (χ0n) is 13.6. The number of hydrogen-bond donors (Lipinski definition) is 1. The fourth-order valence-corrected chi connectivity index (χ4v) is 6.11. The van der Waals surface area contributed by atoms with Gasteiger partial charge in [-0.3, -0.25) is 4.90 Å². The van der Waals surface area contributed by atoms with Crippen molar-refractivity contribution in [2.24, 2.45) is 0 Å². The van der Waals surface area contributed by atoms with E-state index in [1.165, 1.54) is 35.3 Å². The van der Waals surface area contributed by atoms with Gasteiger partial charge in [-0.2, -0.15) is 0 Å². The number of nitrogens with zero attached hydrogens (tertiary/aromatic N) is 1. The lowest BCUT2D eigenvalue weighted by Gasteiger charge is -2.35. The molecule has 1 aliphatic carbocycles. The predicted octanol–water partition coefficient (Wildman–Crippen LogP) is 2.96. The maximum atomic E-state index is 12.1. The van der Waals surface area contributed by atoms with Gasteiger partial charge < -0.3 is 0 Å². The van der Waals surface area contributed by atoms with Gasteiger partial charge in [0.1, 0.15) is 4.21 Å². The maximum Gasteiger partial charge on any atom is 0.250 e. The van der Waals surface area contributed by atoms with E-state index < -0.39 is 10.0 Å². The van der Waals surface area contributed by atoms with Gasteiger partial charge >= 0.3 is 0 Å².